The minimum absolute atomic E-state index is 0.0311. The largest absolute Gasteiger partial charge is 0.492 e. The minimum Gasteiger partial charge on any atom is -0.492 e. The molecule has 0 aliphatic rings. The molecule has 0 atom stereocenters. The summed E-state index contributed by atoms with van der Waals surface area (Å²) >= 11 is 0. The first-order valence-corrected chi connectivity index (χ1v) is 7.19. The summed E-state index contributed by atoms with van der Waals surface area (Å²) in [6.07, 6.45) is 0. The summed E-state index contributed by atoms with van der Waals surface area (Å²) in [6, 6.07) is 6.09. The molecule has 19 heavy (non-hydrogen) atoms. The fourth-order valence-electron chi connectivity index (χ4n) is 1.41. The third-order valence-corrected chi connectivity index (χ3v) is 3.74. The molecule has 7 heteroatoms. The highest BCUT2D eigenvalue weighted by Crippen LogP contribution is 2.21. The van der Waals surface area contributed by atoms with Gasteiger partial charge in [-0.2, -0.15) is 5.26 Å². The Hall–Kier alpha value is -1.62. The molecular formula is C12H16N2O4S. The Morgan fingerprint density at radius 1 is 1.42 bits per heavy atom. The second-order valence-corrected chi connectivity index (χ2v) is 5.36. The second kappa shape index (κ2) is 7.09. The van der Waals surface area contributed by atoms with Gasteiger partial charge in [0.1, 0.15) is 11.8 Å². The van der Waals surface area contributed by atoms with Crippen LogP contribution in [0.5, 0.6) is 5.75 Å². The van der Waals surface area contributed by atoms with Crippen LogP contribution in [0.3, 0.4) is 0 Å². The highest BCUT2D eigenvalue weighted by atomic mass is 32.2. The average Bonchev–Trinajstić information content (AvgIpc) is 2.39. The van der Waals surface area contributed by atoms with Gasteiger partial charge in [-0.1, -0.05) is 0 Å². The number of nitrogens with zero attached hydrogens (tertiary/aromatic N) is 1. The Morgan fingerprint density at radius 3 is 2.74 bits per heavy atom. The van der Waals surface area contributed by atoms with E-state index in [4.69, 9.17) is 14.7 Å². The monoisotopic (exact) mass is 284 g/mol. The number of methoxy groups -OCH3 is 1. The number of benzene rings is 1. The lowest BCUT2D eigenvalue weighted by molar-refractivity contribution is 0.204. The van der Waals surface area contributed by atoms with Crippen molar-refractivity contribution in [2.45, 2.75) is 11.8 Å². The maximum atomic E-state index is 11.9. The van der Waals surface area contributed by atoms with Crippen molar-refractivity contribution in [2.24, 2.45) is 0 Å². The van der Waals surface area contributed by atoms with Gasteiger partial charge >= 0.3 is 0 Å². The zero-order valence-corrected chi connectivity index (χ0v) is 11.7. The smallest absolute Gasteiger partial charge is 0.240 e. The molecule has 0 aromatic heterocycles. The maximum absolute atomic E-state index is 11.9. The van der Waals surface area contributed by atoms with Gasteiger partial charge in [0.15, 0.2) is 0 Å². The van der Waals surface area contributed by atoms with Crippen molar-refractivity contribution < 1.29 is 17.9 Å². The maximum Gasteiger partial charge on any atom is 0.240 e. The summed E-state index contributed by atoms with van der Waals surface area (Å²) in [5.74, 6) is 0.376. The molecular weight excluding hydrogens is 268 g/mol. The Labute approximate surface area is 113 Å². The summed E-state index contributed by atoms with van der Waals surface area (Å²) in [5.41, 5.74) is 0.191. The molecule has 1 aromatic carbocycles. The molecule has 0 amide bonds. The number of hydrogen-bond donors (Lipinski definition) is 1. The lowest BCUT2D eigenvalue weighted by atomic mass is 10.2. The fraction of sp³-hybridized carbons (Fsp3) is 0.417. The topological polar surface area (TPSA) is 88.4 Å². The van der Waals surface area contributed by atoms with Crippen LogP contribution in [0.25, 0.3) is 0 Å². The number of hydrogen-bond acceptors (Lipinski definition) is 5. The quantitative estimate of drug-likeness (QED) is 0.751. The van der Waals surface area contributed by atoms with E-state index in [1.165, 1.54) is 25.3 Å². The first kappa shape index (κ1) is 15.4. The van der Waals surface area contributed by atoms with Crippen molar-refractivity contribution in [1.29, 1.82) is 5.26 Å². The van der Waals surface area contributed by atoms with Gasteiger partial charge in [-0.15, -0.1) is 0 Å². The van der Waals surface area contributed by atoms with Crippen LogP contribution in [0.15, 0.2) is 23.1 Å². The minimum atomic E-state index is -3.63. The Morgan fingerprint density at radius 2 is 2.16 bits per heavy atom. The van der Waals surface area contributed by atoms with E-state index in [-0.39, 0.29) is 23.6 Å². The number of nitriles is 1. The number of rotatable bonds is 7. The molecule has 0 unspecified atom stereocenters. The Bertz CT molecular complexity index is 564. The molecule has 0 aliphatic carbocycles. The van der Waals surface area contributed by atoms with Crippen LogP contribution in [0.1, 0.15) is 12.5 Å². The highest BCUT2D eigenvalue weighted by Gasteiger charge is 2.16. The van der Waals surface area contributed by atoms with Crippen molar-refractivity contribution in [2.75, 3.05) is 26.9 Å². The SMILES string of the molecule is CCOc1ccc(S(=O)(=O)NCCOC)cc1C#N. The van der Waals surface area contributed by atoms with Gasteiger partial charge in [-0.3, -0.25) is 0 Å². The van der Waals surface area contributed by atoms with E-state index in [1.54, 1.807) is 6.92 Å². The van der Waals surface area contributed by atoms with Gasteiger partial charge in [-0.05, 0) is 25.1 Å². The van der Waals surface area contributed by atoms with Crippen LogP contribution in [-0.4, -0.2) is 35.3 Å². The van der Waals surface area contributed by atoms with E-state index < -0.39 is 10.0 Å². The van der Waals surface area contributed by atoms with Crippen molar-refractivity contribution in [3.63, 3.8) is 0 Å². The van der Waals surface area contributed by atoms with Gasteiger partial charge < -0.3 is 9.47 Å². The van der Waals surface area contributed by atoms with Crippen LogP contribution in [0.2, 0.25) is 0 Å². The van der Waals surface area contributed by atoms with E-state index in [9.17, 15) is 8.42 Å². The highest BCUT2D eigenvalue weighted by molar-refractivity contribution is 7.89. The standard InChI is InChI=1S/C12H16N2O4S/c1-3-18-12-5-4-11(8-10(12)9-13)19(15,16)14-6-7-17-2/h4-5,8,14H,3,6-7H2,1-2H3. The molecule has 1 aromatic rings. The summed E-state index contributed by atoms with van der Waals surface area (Å²) in [4.78, 5) is 0.0311. The lowest BCUT2D eigenvalue weighted by Crippen LogP contribution is -2.27. The molecule has 1 rings (SSSR count). The normalized spacial score (nSPS) is 11.0. The molecule has 104 valence electrons. The molecule has 0 bridgehead atoms. The molecule has 0 saturated heterocycles. The van der Waals surface area contributed by atoms with Gasteiger partial charge in [0, 0.05) is 13.7 Å². The van der Waals surface area contributed by atoms with Crippen molar-refractivity contribution >= 4 is 10.0 Å². The molecule has 0 saturated carbocycles. The predicted molar refractivity (Wildman–Crippen MR) is 69.4 cm³/mol. The van der Waals surface area contributed by atoms with Gasteiger partial charge in [-0.25, -0.2) is 13.1 Å². The lowest BCUT2D eigenvalue weighted by Gasteiger charge is -2.09. The third kappa shape index (κ3) is 4.21. The molecule has 0 aliphatic heterocycles. The van der Waals surface area contributed by atoms with E-state index in [0.717, 1.165) is 0 Å². The Balaban J connectivity index is 2.99. The molecule has 0 spiro atoms. The first-order chi connectivity index (χ1) is 9.05. The fourth-order valence-corrected chi connectivity index (χ4v) is 2.45. The molecule has 0 fully saturated rings. The van der Waals surface area contributed by atoms with Crippen LogP contribution >= 0.6 is 0 Å². The van der Waals surface area contributed by atoms with E-state index in [0.29, 0.717) is 12.4 Å². The molecule has 1 N–H and O–H groups in total. The number of nitrogens with one attached hydrogen (secondary N) is 1. The summed E-state index contributed by atoms with van der Waals surface area (Å²) in [7, 11) is -2.15. The Kier molecular flexibility index (Phi) is 5.76. The second-order valence-electron chi connectivity index (χ2n) is 3.59. The van der Waals surface area contributed by atoms with Crippen molar-refractivity contribution in [3.05, 3.63) is 23.8 Å². The zero-order valence-electron chi connectivity index (χ0n) is 10.8. The van der Waals surface area contributed by atoms with E-state index >= 15 is 0 Å². The summed E-state index contributed by atoms with van der Waals surface area (Å²) in [5, 5.41) is 8.98. The van der Waals surface area contributed by atoms with E-state index in [1.807, 2.05) is 6.07 Å². The third-order valence-electron chi connectivity index (χ3n) is 2.28. The van der Waals surface area contributed by atoms with Gasteiger partial charge in [0.2, 0.25) is 10.0 Å². The van der Waals surface area contributed by atoms with Crippen LogP contribution in [-0.2, 0) is 14.8 Å². The predicted octanol–water partition coefficient (Wildman–Crippen LogP) is 0.882. The van der Waals surface area contributed by atoms with Gasteiger partial charge in [0.25, 0.3) is 0 Å². The van der Waals surface area contributed by atoms with Crippen molar-refractivity contribution in [3.8, 4) is 11.8 Å². The number of ether oxygens (including phenoxy) is 2. The molecule has 6 nitrogen and oxygen atoms in total. The van der Waals surface area contributed by atoms with Crippen molar-refractivity contribution in [1.82, 2.24) is 4.72 Å². The first-order valence-electron chi connectivity index (χ1n) is 5.70. The van der Waals surface area contributed by atoms with Crippen LogP contribution in [0, 0.1) is 11.3 Å². The van der Waals surface area contributed by atoms with Crippen LogP contribution in [0.4, 0.5) is 0 Å². The summed E-state index contributed by atoms with van der Waals surface area (Å²) < 4.78 is 36.2. The number of sulfonamides is 1. The average molecular weight is 284 g/mol. The van der Waals surface area contributed by atoms with Gasteiger partial charge in [0.05, 0.1) is 23.7 Å². The molecule has 0 radical (unpaired) electrons. The van der Waals surface area contributed by atoms with Crippen LogP contribution < -0.4 is 9.46 Å². The zero-order chi connectivity index (χ0) is 14.3. The van der Waals surface area contributed by atoms with E-state index in [2.05, 4.69) is 4.72 Å². The molecule has 0 heterocycles. The summed E-state index contributed by atoms with van der Waals surface area (Å²) in [6.45, 7) is 2.65.